The molecule has 0 N–H and O–H groups in total. The Kier molecular flexibility index (Phi) is 7.67. The fourth-order valence-corrected chi connectivity index (χ4v) is 4.82. The fraction of sp³-hybridized carbons (Fsp3) is 0.208. The zero-order chi connectivity index (χ0) is 21.6. The van der Waals surface area contributed by atoms with E-state index in [1.165, 1.54) is 5.69 Å². The molecular weight excluding hydrogens is 544 g/mol. The molecule has 31 heavy (non-hydrogen) atoms. The van der Waals surface area contributed by atoms with Crippen LogP contribution in [0.3, 0.4) is 0 Å². The van der Waals surface area contributed by atoms with Gasteiger partial charge in [-0.25, -0.2) is 0 Å². The highest BCUT2D eigenvalue weighted by Gasteiger charge is 2.11. The van der Waals surface area contributed by atoms with Crippen molar-refractivity contribution >= 4 is 61.1 Å². The van der Waals surface area contributed by atoms with Gasteiger partial charge in [-0.1, -0.05) is 23.7 Å². The maximum Gasteiger partial charge on any atom is 0.148 e. The number of aliphatic imine (C=N–C) groups is 1. The Balaban J connectivity index is 1.41. The van der Waals surface area contributed by atoms with E-state index in [-0.39, 0.29) is 0 Å². The van der Waals surface area contributed by atoms with Gasteiger partial charge in [0.05, 0.1) is 27.8 Å². The van der Waals surface area contributed by atoms with Gasteiger partial charge in [-0.15, -0.1) is 0 Å². The van der Waals surface area contributed by atoms with Crippen LogP contribution in [0.5, 0.6) is 5.75 Å². The van der Waals surface area contributed by atoms with Crippen molar-refractivity contribution in [3.63, 3.8) is 0 Å². The predicted molar refractivity (Wildman–Crippen MR) is 134 cm³/mol. The third kappa shape index (κ3) is 6.10. The van der Waals surface area contributed by atoms with E-state index in [2.05, 4.69) is 53.9 Å². The highest BCUT2D eigenvalue weighted by Crippen LogP contribution is 2.35. The molecule has 0 saturated carbocycles. The SMILES string of the molecule is Clc1ccc(COc2c(Br)cc(C=Nc3ccc(N4CCOCC4)cc3)cc2Br)cc1. The highest BCUT2D eigenvalue weighted by atomic mass is 79.9. The second kappa shape index (κ2) is 10.6. The lowest BCUT2D eigenvalue weighted by atomic mass is 10.2. The molecule has 1 aliphatic rings. The molecule has 0 aromatic heterocycles. The van der Waals surface area contributed by atoms with Crippen LogP contribution in [0, 0.1) is 0 Å². The lowest BCUT2D eigenvalue weighted by molar-refractivity contribution is 0.122. The molecule has 0 spiro atoms. The third-order valence-corrected chi connectivity index (χ3v) is 6.34. The summed E-state index contributed by atoms with van der Waals surface area (Å²) in [6.07, 6.45) is 1.85. The first-order valence-electron chi connectivity index (χ1n) is 9.91. The minimum atomic E-state index is 0.456. The fourth-order valence-electron chi connectivity index (χ4n) is 3.25. The zero-order valence-corrected chi connectivity index (χ0v) is 20.7. The van der Waals surface area contributed by atoms with Gasteiger partial charge in [0, 0.05) is 30.0 Å². The molecule has 3 aromatic carbocycles. The van der Waals surface area contributed by atoms with E-state index in [1.807, 2.05) is 54.7 Å². The smallest absolute Gasteiger partial charge is 0.148 e. The number of hydrogen-bond acceptors (Lipinski definition) is 4. The minimum Gasteiger partial charge on any atom is -0.487 e. The molecule has 0 unspecified atom stereocenters. The second-order valence-corrected chi connectivity index (χ2v) is 9.25. The molecule has 1 aliphatic heterocycles. The van der Waals surface area contributed by atoms with Gasteiger partial charge in [-0.3, -0.25) is 4.99 Å². The lowest BCUT2D eigenvalue weighted by Gasteiger charge is -2.28. The number of nitrogens with zero attached hydrogens (tertiary/aromatic N) is 2. The first-order chi connectivity index (χ1) is 15.1. The van der Waals surface area contributed by atoms with Crippen LogP contribution >= 0.6 is 43.5 Å². The first-order valence-corrected chi connectivity index (χ1v) is 11.9. The van der Waals surface area contributed by atoms with Crippen molar-refractivity contribution in [1.82, 2.24) is 0 Å². The van der Waals surface area contributed by atoms with Crippen LogP contribution in [0.25, 0.3) is 0 Å². The van der Waals surface area contributed by atoms with Crippen LogP contribution in [0.1, 0.15) is 11.1 Å². The maximum atomic E-state index is 5.99. The molecule has 7 heteroatoms. The summed E-state index contributed by atoms with van der Waals surface area (Å²) in [4.78, 5) is 6.94. The van der Waals surface area contributed by atoms with Crippen molar-refractivity contribution in [2.24, 2.45) is 4.99 Å². The van der Waals surface area contributed by atoms with Crippen LogP contribution in [-0.2, 0) is 11.3 Å². The highest BCUT2D eigenvalue weighted by molar-refractivity contribution is 9.11. The molecule has 0 atom stereocenters. The van der Waals surface area contributed by atoms with Gasteiger partial charge >= 0.3 is 0 Å². The Hall–Kier alpha value is -1.86. The predicted octanol–water partition coefficient (Wildman–Crippen LogP) is 7.03. The monoisotopic (exact) mass is 562 g/mol. The van der Waals surface area contributed by atoms with Gasteiger partial charge in [-0.05, 0) is 91.5 Å². The van der Waals surface area contributed by atoms with Crippen molar-refractivity contribution in [3.8, 4) is 5.75 Å². The Morgan fingerprint density at radius 3 is 2.26 bits per heavy atom. The molecule has 0 aliphatic carbocycles. The van der Waals surface area contributed by atoms with Crippen molar-refractivity contribution in [2.75, 3.05) is 31.2 Å². The summed E-state index contributed by atoms with van der Waals surface area (Å²) in [5.74, 6) is 0.752. The van der Waals surface area contributed by atoms with E-state index < -0.39 is 0 Å². The molecule has 0 amide bonds. The Labute approximate surface area is 204 Å². The molecule has 160 valence electrons. The maximum absolute atomic E-state index is 5.99. The third-order valence-electron chi connectivity index (χ3n) is 4.91. The molecule has 0 radical (unpaired) electrons. The largest absolute Gasteiger partial charge is 0.487 e. The summed E-state index contributed by atoms with van der Waals surface area (Å²) >= 11 is 13.2. The van der Waals surface area contributed by atoms with Crippen molar-refractivity contribution in [1.29, 1.82) is 0 Å². The van der Waals surface area contributed by atoms with E-state index >= 15 is 0 Å². The van der Waals surface area contributed by atoms with Crippen molar-refractivity contribution < 1.29 is 9.47 Å². The van der Waals surface area contributed by atoms with Crippen LogP contribution in [0.4, 0.5) is 11.4 Å². The molecular formula is C24H21Br2ClN2O2. The van der Waals surface area contributed by atoms with Gasteiger partial charge in [0.25, 0.3) is 0 Å². The normalized spacial score (nSPS) is 14.2. The van der Waals surface area contributed by atoms with Crippen LogP contribution in [0.15, 0.2) is 74.6 Å². The topological polar surface area (TPSA) is 34.1 Å². The molecule has 4 rings (SSSR count). The second-order valence-electron chi connectivity index (χ2n) is 7.10. The molecule has 3 aromatic rings. The van der Waals surface area contributed by atoms with Crippen LogP contribution in [0.2, 0.25) is 5.02 Å². The van der Waals surface area contributed by atoms with Crippen LogP contribution < -0.4 is 9.64 Å². The number of anilines is 1. The van der Waals surface area contributed by atoms with E-state index in [4.69, 9.17) is 21.1 Å². The Morgan fingerprint density at radius 2 is 1.61 bits per heavy atom. The summed E-state index contributed by atoms with van der Waals surface area (Å²) in [6, 6.07) is 19.9. The van der Waals surface area contributed by atoms with Gasteiger partial charge in [-0.2, -0.15) is 0 Å². The van der Waals surface area contributed by atoms with Crippen molar-refractivity contribution in [2.45, 2.75) is 6.61 Å². The quantitative estimate of drug-likeness (QED) is 0.302. The molecule has 1 heterocycles. The van der Waals surface area contributed by atoms with E-state index in [1.54, 1.807) is 0 Å². The average molecular weight is 565 g/mol. The molecule has 1 fully saturated rings. The number of ether oxygens (including phenoxy) is 2. The summed E-state index contributed by atoms with van der Waals surface area (Å²) < 4.78 is 13.1. The Morgan fingerprint density at radius 1 is 0.968 bits per heavy atom. The lowest BCUT2D eigenvalue weighted by Crippen LogP contribution is -2.36. The molecule has 4 nitrogen and oxygen atoms in total. The van der Waals surface area contributed by atoms with Gasteiger partial charge in [0.1, 0.15) is 12.4 Å². The number of hydrogen-bond donors (Lipinski definition) is 0. The van der Waals surface area contributed by atoms with E-state index in [0.29, 0.717) is 11.6 Å². The number of rotatable bonds is 6. The zero-order valence-electron chi connectivity index (χ0n) is 16.7. The number of halogens is 3. The average Bonchev–Trinajstić information content (AvgIpc) is 2.79. The number of morpholine rings is 1. The van der Waals surface area contributed by atoms with Crippen molar-refractivity contribution in [3.05, 3.63) is 85.8 Å². The standard InChI is InChI=1S/C24H21Br2ClN2O2/c25-22-13-18(14-23(26)24(22)31-16-17-1-3-19(27)4-2-17)15-28-20-5-7-21(8-6-20)29-9-11-30-12-10-29/h1-8,13-15H,9-12,16H2. The minimum absolute atomic E-state index is 0.456. The van der Waals surface area contributed by atoms with Gasteiger partial charge < -0.3 is 14.4 Å². The van der Waals surface area contributed by atoms with Crippen LogP contribution in [-0.4, -0.2) is 32.5 Å². The van der Waals surface area contributed by atoms with E-state index in [9.17, 15) is 0 Å². The summed E-state index contributed by atoms with van der Waals surface area (Å²) in [7, 11) is 0. The summed E-state index contributed by atoms with van der Waals surface area (Å²) in [5.41, 5.74) is 4.13. The molecule has 1 saturated heterocycles. The van der Waals surface area contributed by atoms with Gasteiger partial charge in [0.15, 0.2) is 0 Å². The van der Waals surface area contributed by atoms with E-state index in [0.717, 1.165) is 57.8 Å². The summed E-state index contributed by atoms with van der Waals surface area (Å²) in [5, 5.41) is 0.713. The number of benzene rings is 3. The summed E-state index contributed by atoms with van der Waals surface area (Å²) in [6.45, 7) is 3.87. The van der Waals surface area contributed by atoms with Gasteiger partial charge in [0.2, 0.25) is 0 Å². The first kappa shape index (κ1) is 22.3. The Bertz CT molecular complexity index is 1030. The molecule has 0 bridgehead atoms.